The van der Waals surface area contributed by atoms with Gasteiger partial charge in [0.25, 0.3) is 0 Å². The van der Waals surface area contributed by atoms with Crippen molar-refractivity contribution in [2.24, 2.45) is 0 Å². The van der Waals surface area contributed by atoms with Crippen LogP contribution in [0.2, 0.25) is 0 Å². The van der Waals surface area contributed by atoms with E-state index in [1.807, 2.05) is 0 Å². The number of sulfone groups is 1. The van der Waals surface area contributed by atoms with Gasteiger partial charge in [-0.2, -0.15) is 4.31 Å². The number of rotatable bonds is 7. The van der Waals surface area contributed by atoms with Crippen LogP contribution in [0, 0.1) is 0 Å². The Morgan fingerprint density at radius 3 is 2.58 bits per heavy atom. The molecule has 134 valence electrons. The third-order valence-electron chi connectivity index (χ3n) is 3.84. The normalized spacial score (nSPS) is 20.2. The zero-order valence-corrected chi connectivity index (χ0v) is 15.0. The number of nitrogens with zero attached hydrogens (tertiary/aromatic N) is 2. The van der Waals surface area contributed by atoms with Gasteiger partial charge in [-0.05, 0) is 24.1 Å². The number of carbonyl (C=O) groups is 1. The van der Waals surface area contributed by atoms with Gasteiger partial charge < -0.3 is 5.32 Å². The number of aromatic nitrogens is 1. The fourth-order valence-electron chi connectivity index (χ4n) is 2.62. The lowest BCUT2D eigenvalue weighted by Gasteiger charge is -2.25. The number of sulfonamides is 1. The number of nitrogens with one attached hydrogen (secondary N) is 1. The standard InChI is InChI=1S/C14H21N3O5S2/c1-23(19,20)17(13-5-9-24(21,22)11-13)8-4-14(18)16-10-12-2-6-15-7-3-12/h2-3,6-7,13H,4-5,8-11H2,1H3,(H,16,18). The lowest BCUT2D eigenvalue weighted by atomic mass is 10.2. The van der Waals surface area contributed by atoms with Gasteiger partial charge >= 0.3 is 0 Å². The van der Waals surface area contributed by atoms with E-state index in [1.54, 1.807) is 24.5 Å². The minimum absolute atomic E-state index is 0.0159. The maximum absolute atomic E-state index is 11.9. The minimum Gasteiger partial charge on any atom is -0.352 e. The van der Waals surface area contributed by atoms with Crippen LogP contribution in [0.15, 0.2) is 24.5 Å². The van der Waals surface area contributed by atoms with Crippen molar-refractivity contribution >= 4 is 25.8 Å². The highest BCUT2D eigenvalue weighted by molar-refractivity contribution is 7.92. The molecule has 0 bridgehead atoms. The Kier molecular flexibility index (Phi) is 5.94. The van der Waals surface area contributed by atoms with Gasteiger partial charge in [-0.25, -0.2) is 16.8 Å². The number of carbonyl (C=O) groups excluding carboxylic acids is 1. The fourth-order valence-corrected chi connectivity index (χ4v) is 5.59. The Hall–Kier alpha value is -1.52. The van der Waals surface area contributed by atoms with Gasteiger partial charge in [0.05, 0.1) is 17.8 Å². The maximum atomic E-state index is 11.9. The van der Waals surface area contributed by atoms with Crippen molar-refractivity contribution in [3.8, 4) is 0 Å². The highest BCUT2D eigenvalue weighted by Gasteiger charge is 2.36. The average molecular weight is 375 g/mol. The van der Waals surface area contributed by atoms with Crippen molar-refractivity contribution in [2.75, 3.05) is 24.3 Å². The summed E-state index contributed by atoms with van der Waals surface area (Å²) in [4.78, 5) is 15.8. The Morgan fingerprint density at radius 2 is 2.04 bits per heavy atom. The van der Waals surface area contributed by atoms with Gasteiger partial charge in [-0.1, -0.05) is 0 Å². The smallest absolute Gasteiger partial charge is 0.221 e. The Bertz CT molecular complexity index is 778. The summed E-state index contributed by atoms with van der Waals surface area (Å²) < 4.78 is 48.1. The zero-order valence-electron chi connectivity index (χ0n) is 13.4. The molecule has 0 aliphatic carbocycles. The molecule has 2 heterocycles. The van der Waals surface area contributed by atoms with Crippen LogP contribution < -0.4 is 5.32 Å². The summed E-state index contributed by atoms with van der Waals surface area (Å²) in [7, 11) is -6.78. The van der Waals surface area contributed by atoms with E-state index in [-0.39, 0.29) is 36.8 Å². The lowest BCUT2D eigenvalue weighted by Crippen LogP contribution is -2.42. The van der Waals surface area contributed by atoms with E-state index in [1.165, 1.54) is 0 Å². The third-order valence-corrected chi connectivity index (χ3v) is 6.92. The first kappa shape index (κ1) is 18.8. The molecule has 2 rings (SSSR count). The minimum atomic E-state index is -3.58. The van der Waals surface area contributed by atoms with Crippen molar-refractivity contribution in [1.29, 1.82) is 0 Å². The van der Waals surface area contributed by atoms with Crippen molar-refractivity contribution in [1.82, 2.24) is 14.6 Å². The van der Waals surface area contributed by atoms with Crippen LogP contribution in [-0.4, -0.2) is 62.4 Å². The summed E-state index contributed by atoms with van der Waals surface area (Å²) in [5.74, 6) is -0.488. The molecule has 1 aliphatic heterocycles. The van der Waals surface area contributed by atoms with Crippen molar-refractivity contribution in [2.45, 2.75) is 25.4 Å². The SMILES string of the molecule is CS(=O)(=O)N(CCC(=O)NCc1ccncc1)C1CCS(=O)(=O)C1. The molecule has 1 aromatic heterocycles. The summed E-state index contributed by atoms with van der Waals surface area (Å²) >= 11 is 0. The van der Waals surface area contributed by atoms with Crippen LogP contribution in [0.3, 0.4) is 0 Å². The first-order valence-electron chi connectivity index (χ1n) is 7.50. The molecule has 1 aromatic rings. The molecule has 1 saturated heterocycles. The van der Waals surface area contributed by atoms with Crippen LogP contribution >= 0.6 is 0 Å². The summed E-state index contributed by atoms with van der Waals surface area (Å²) in [6.07, 6.45) is 4.52. The van der Waals surface area contributed by atoms with Crippen molar-refractivity contribution in [3.05, 3.63) is 30.1 Å². The monoisotopic (exact) mass is 375 g/mol. The topological polar surface area (TPSA) is 114 Å². The molecular weight excluding hydrogens is 354 g/mol. The second-order valence-electron chi connectivity index (χ2n) is 5.81. The Labute approximate surface area is 142 Å². The van der Waals surface area contributed by atoms with E-state index in [4.69, 9.17) is 0 Å². The first-order chi connectivity index (χ1) is 11.2. The van der Waals surface area contributed by atoms with Gasteiger partial charge in [0.2, 0.25) is 15.9 Å². The van der Waals surface area contributed by atoms with Crippen LogP contribution in [0.5, 0.6) is 0 Å². The maximum Gasteiger partial charge on any atom is 0.221 e. The van der Waals surface area contributed by atoms with Gasteiger partial charge in [0.1, 0.15) is 0 Å². The molecule has 1 unspecified atom stereocenters. The van der Waals surface area contributed by atoms with Gasteiger partial charge in [0, 0.05) is 37.9 Å². The molecule has 1 N–H and O–H groups in total. The predicted molar refractivity (Wildman–Crippen MR) is 89.3 cm³/mol. The van der Waals surface area contributed by atoms with E-state index in [0.717, 1.165) is 16.1 Å². The summed E-state index contributed by atoms with van der Waals surface area (Å²) in [6, 6.07) is 2.96. The molecule has 1 amide bonds. The van der Waals surface area contributed by atoms with E-state index < -0.39 is 25.9 Å². The van der Waals surface area contributed by atoms with Gasteiger partial charge in [-0.15, -0.1) is 0 Å². The highest BCUT2D eigenvalue weighted by atomic mass is 32.2. The second kappa shape index (κ2) is 7.58. The third kappa shape index (κ3) is 5.53. The number of hydrogen-bond acceptors (Lipinski definition) is 6. The molecule has 0 spiro atoms. The van der Waals surface area contributed by atoms with Gasteiger partial charge in [-0.3, -0.25) is 9.78 Å². The number of amides is 1. The Balaban J connectivity index is 1.90. The van der Waals surface area contributed by atoms with E-state index in [0.29, 0.717) is 6.54 Å². The average Bonchev–Trinajstić information content (AvgIpc) is 2.85. The molecule has 10 heteroatoms. The Morgan fingerprint density at radius 1 is 1.38 bits per heavy atom. The van der Waals surface area contributed by atoms with E-state index >= 15 is 0 Å². The highest BCUT2D eigenvalue weighted by Crippen LogP contribution is 2.20. The zero-order chi connectivity index (χ0) is 17.8. The molecule has 0 saturated carbocycles. The number of pyridine rings is 1. The molecule has 8 nitrogen and oxygen atoms in total. The second-order valence-corrected chi connectivity index (χ2v) is 9.98. The molecule has 1 atom stereocenters. The fraction of sp³-hybridized carbons (Fsp3) is 0.571. The van der Waals surface area contributed by atoms with Crippen molar-refractivity contribution in [3.63, 3.8) is 0 Å². The van der Waals surface area contributed by atoms with Crippen LogP contribution in [0.25, 0.3) is 0 Å². The molecular formula is C14H21N3O5S2. The van der Waals surface area contributed by atoms with Crippen LogP contribution in [0.4, 0.5) is 0 Å². The number of hydrogen-bond donors (Lipinski definition) is 1. The lowest BCUT2D eigenvalue weighted by molar-refractivity contribution is -0.121. The molecule has 1 aliphatic rings. The first-order valence-corrected chi connectivity index (χ1v) is 11.2. The molecule has 0 aromatic carbocycles. The molecule has 1 fully saturated rings. The summed E-state index contributed by atoms with van der Waals surface area (Å²) in [6.45, 7) is 0.305. The predicted octanol–water partition coefficient (Wildman–Crippen LogP) is -0.463. The van der Waals surface area contributed by atoms with Crippen LogP contribution in [0.1, 0.15) is 18.4 Å². The largest absolute Gasteiger partial charge is 0.352 e. The summed E-state index contributed by atoms with van der Waals surface area (Å²) in [5.41, 5.74) is 0.889. The molecule has 0 radical (unpaired) electrons. The quantitative estimate of drug-likeness (QED) is 0.690. The summed E-state index contributed by atoms with van der Waals surface area (Å²) in [5, 5.41) is 2.71. The van der Waals surface area contributed by atoms with Crippen molar-refractivity contribution < 1.29 is 21.6 Å². The van der Waals surface area contributed by atoms with Gasteiger partial charge in [0.15, 0.2) is 9.84 Å². The molecule has 24 heavy (non-hydrogen) atoms. The van der Waals surface area contributed by atoms with E-state index in [9.17, 15) is 21.6 Å². The van der Waals surface area contributed by atoms with E-state index in [2.05, 4.69) is 10.3 Å². The van der Waals surface area contributed by atoms with Crippen LogP contribution in [-0.2, 0) is 31.2 Å².